The first-order valence-electron chi connectivity index (χ1n) is 25.4. The van der Waals surface area contributed by atoms with Gasteiger partial charge >= 0.3 is 0 Å². The van der Waals surface area contributed by atoms with Crippen LogP contribution >= 0.6 is 0 Å². The van der Waals surface area contributed by atoms with Gasteiger partial charge in [-0.2, -0.15) is 31.6 Å². The molecule has 0 aliphatic carbocycles. The second kappa shape index (κ2) is 19.5. The molecule has 0 radical (unpaired) electrons. The summed E-state index contributed by atoms with van der Waals surface area (Å²) in [6, 6.07) is 81.7. The molecule has 0 amide bonds. The molecule has 80 heavy (non-hydrogen) atoms. The molecule has 0 fully saturated rings. The van der Waals surface area contributed by atoms with Crippen LogP contribution in [0.2, 0.25) is 0 Å². The molecule has 0 unspecified atom stereocenters. The first kappa shape index (κ1) is 47.5. The standard InChI is InChI=1S/C69H35N11/c70-36-42-29-49(38-72)65(50(30-42)39-73)46-23-26-62-56(33-46)53-17-7-10-20-59(53)79(62)60-21-11-9-19-55(60)58-35-48(69-77-67(44-13-3-1-4-14-44)76-68(78-69)45-15-5-2-6-16-45)25-28-64(58)80-61-22-12-8-18-54(61)57-34-47(24-27-63(57)80)66-51(40-74)31-43(37-71)32-52(66)41-75/h1-35H. The summed E-state index contributed by atoms with van der Waals surface area (Å²) < 4.78 is 4.49. The number of aromatic nitrogens is 5. The summed E-state index contributed by atoms with van der Waals surface area (Å²) in [6.07, 6.45) is 0. The van der Waals surface area contributed by atoms with E-state index in [1.165, 1.54) is 24.3 Å². The fourth-order valence-corrected chi connectivity index (χ4v) is 11.1. The highest BCUT2D eigenvalue weighted by Crippen LogP contribution is 2.44. The van der Waals surface area contributed by atoms with Crippen LogP contribution in [-0.2, 0) is 0 Å². The molecule has 0 bridgehead atoms. The van der Waals surface area contributed by atoms with E-state index in [0.29, 0.717) is 39.7 Å². The maximum Gasteiger partial charge on any atom is 0.164 e. The van der Waals surface area contributed by atoms with Gasteiger partial charge in [0, 0.05) is 60.5 Å². The van der Waals surface area contributed by atoms with E-state index >= 15 is 0 Å². The molecule has 11 nitrogen and oxygen atoms in total. The molecule has 366 valence electrons. The Morgan fingerprint density at radius 1 is 0.275 bits per heavy atom. The van der Waals surface area contributed by atoms with Crippen LogP contribution in [-0.4, -0.2) is 24.1 Å². The van der Waals surface area contributed by atoms with Crippen LogP contribution in [0.15, 0.2) is 212 Å². The molecule has 11 heteroatoms. The highest BCUT2D eigenvalue weighted by molar-refractivity contribution is 6.13. The van der Waals surface area contributed by atoms with Crippen molar-refractivity contribution in [1.29, 1.82) is 31.6 Å². The molecule has 0 saturated carbocycles. The third-order valence-electron chi connectivity index (χ3n) is 14.6. The van der Waals surface area contributed by atoms with Crippen LogP contribution in [0.1, 0.15) is 33.4 Å². The van der Waals surface area contributed by atoms with Crippen molar-refractivity contribution in [2.24, 2.45) is 0 Å². The number of hydrogen-bond donors (Lipinski definition) is 0. The van der Waals surface area contributed by atoms with Crippen molar-refractivity contribution in [2.45, 2.75) is 0 Å². The summed E-state index contributed by atoms with van der Waals surface area (Å²) >= 11 is 0. The molecule has 0 N–H and O–H groups in total. The fraction of sp³-hybridized carbons (Fsp3) is 0. The van der Waals surface area contributed by atoms with E-state index in [2.05, 4.69) is 94.1 Å². The van der Waals surface area contributed by atoms with E-state index in [-0.39, 0.29) is 33.4 Å². The fourth-order valence-electron chi connectivity index (χ4n) is 11.1. The minimum absolute atomic E-state index is 0.233. The lowest BCUT2D eigenvalue weighted by atomic mass is 9.92. The van der Waals surface area contributed by atoms with Crippen LogP contribution in [0.5, 0.6) is 0 Å². The molecular formula is C69H35N11. The average molecular weight is 1020 g/mol. The minimum atomic E-state index is 0.233. The number of rotatable bonds is 8. The minimum Gasteiger partial charge on any atom is -0.309 e. The molecule has 13 aromatic rings. The number of nitrogens with zero attached hydrogens (tertiary/aromatic N) is 11. The quantitative estimate of drug-likeness (QED) is 0.142. The third-order valence-corrected chi connectivity index (χ3v) is 14.6. The lowest BCUT2D eigenvalue weighted by Crippen LogP contribution is -2.03. The Morgan fingerprint density at radius 2 is 0.650 bits per heavy atom. The van der Waals surface area contributed by atoms with Crippen molar-refractivity contribution in [2.75, 3.05) is 0 Å². The second-order valence-corrected chi connectivity index (χ2v) is 19.0. The molecule has 13 rings (SSSR count). The summed E-state index contributed by atoms with van der Waals surface area (Å²) in [7, 11) is 0. The largest absolute Gasteiger partial charge is 0.309 e. The van der Waals surface area contributed by atoms with Gasteiger partial charge in [-0.1, -0.05) is 127 Å². The number of fused-ring (bicyclic) bond motifs is 6. The zero-order chi connectivity index (χ0) is 54.4. The van der Waals surface area contributed by atoms with Gasteiger partial charge in [0.2, 0.25) is 0 Å². The summed E-state index contributed by atoms with van der Waals surface area (Å²) in [5.41, 5.74) is 13.1. The van der Waals surface area contributed by atoms with Crippen molar-refractivity contribution in [3.05, 3.63) is 246 Å². The smallest absolute Gasteiger partial charge is 0.164 e. The van der Waals surface area contributed by atoms with Crippen molar-refractivity contribution in [3.8, 4) is 115 Å². The van der Waals surface area contributed by atoms with Gasteiger partial charge in [-0.3, -0.25) is 0 Å². The van der Waals surface area contributed by atoms with E-state index in [4.69, 9.17) is 15.0 Å². The average Bonchev–Trinajstić information content (AvgIpc) is 4.07. The number of para-hydroxylation sites is 3. The molecular weight excluding hydrogens is 983 g/mol. The van der Waals surface area contributed by atoms with Gasteiger partial charge in [0.15, 0.2) is 17.5 Å². The summed E-state index contributed by atoms with van der Waals surface area (Å²) in [6.45, 7) is 0. The van der Waals surface area contributed by atoms with Gasteiger partial charge in [-0.25, -0.2) is 15.0 Å². The Kier molecular flexibility index (Phi) is 11.5. The van der Waals surface area contributed by atoms with Crippen LogP contribution < -0.4 is 0 Å². The van der Waals surface area contributed by atoms with Crippen LogP contribution in [0, 0.1) is 68.0 Å². The number of hydrogen-bond acceptors (Lipinski definition) is 9. The third kappa shape index (κ3) is 7.82. The van der Waals surface area contributed by atoms with Crippen molar-refractivity contribution in [3.63, 3.8) is 0 Å². The molecule has 0 atom stereocenters. The van der Waals surface area contributed by atoms with Crippen LogP contribution in [0.4, 0.5) is 0 Å². The lowest BCUT2D eigenvalue weighted by Gasteiger charge is -2.20. The topological polar surface area (TPSA) is 191 Å². The van der Waals surface area contributed by atoms with Gasteiger partial charge in [-0.05, 0) is 96.1 Å². The first-order valence-corrected chi connectivity index (χ1v) is 25.4. The maximum atomic E-state index is 10.4. The van der Waals surface area contributed by atoms with E-state index in [1.54, 1.807) is 0 Å². The van der Waals surface area contributed by atoms with Gasteiger partial charge < -0.3 is 9.13 Å². The van der Waals surface area contributed by atoms with Gasteiger partial charge in [0.1, 0.15) is 0 Å². The SMILES string of the molecule is N#Cc1cc(C#N)c(-c2ccc3c(c2)c2ccccc2n3-c2ccccc2-c2cc(-c3nc(-c4ccccc4)nc(-c4ccccc4)n3)ccc2-n2c3ccccc3c3cc(-c4c(C#N)cc(C#N)cc4C#N)ccc32)c(C#N)c1. The lowest BCUT2D eigenvalue weighted by molar-refractivity contribution is 1.07. The van der Waals surface area contributed by atoms with Crippen LogP contribution in [0.25, 0.3) is 123 Å². The molecule has 0 saturated heterocycles. The highest BCUT2D eigenvalue weighted by Gasteiger charge is 2.24. The maximum absolute atomic E-state index is 10.4. The van der Waals surface area contributed by atoms with E-state index in [9.17, 15) is 31.6 Å². The van der Waals surface area contributed by atoms with E-state index in [0.717, 1.165) is 82.8 Å². The number of benzene rings is 10. The molecule has 0 aliphatic rings. The van der Waals surface area contributed by atoms with Crippen molar-refractivity contribution < 1.29 is 0 Å². The van der Waals surface area contributed by atoms with E-state index < -0.39 is 0 Å². The highest BCUT2D eigenvalue weighted by atomic mass is 15.0. The van der Waals surface area contributed by atoms with Gasteiger partial charge in [0.25, 0.3) is 0 Å². The van der Waals surface area contributed by atoms with Crippen molar-refractivity contribution in [1.82, 2.24) is 24.1 Å². The van der Waals surface area contributed by atoms with E-state index in [1.807, 2.05) is 140 Å². The number of nitriles is 6. The predicted octanol–water partition coefficient (Wildman–Crippen LogP) is 15.3. The summed E-state index contributed by atoms with van der Waals surface area (Å²) in [5.74, 6) is 1.52. The Morgan fingerprint density at radius 3 is 1.10 bits per heavy atom. The summed E-state index contributed by atoms with van der Waals surface area (Å²) in [4.78, 5) is 15.3. The van der Waals surface area contributed by atoms with Gasteiger partial charge in [-0.15, -0.1) is 0 Å². The zero-order valence-corrected chi connectivity index (χ0v) is 42.1. The first-order chi connectivity index (χ1) is 39.4. The summed E-state index contributed by atoms with van der Waals surface area (Å²) in [5, 5.41) is 64.5. The monoisotopic (exact) mass is 1020 g/mol. The molecule has 0 aliphatic heterocycles. The Labute approximate surface area is 458 Å². The van der Waals surface area contributed by atoms with Crippen LogP contribution in [0.3, 0.4) is 0 Å². The molecule has 10 aromatic carbocycles. The molecule has 3 aromatic heterocycles. The predicted molar refractivity (Wildman–Crippen MR) is 309 cm³/mol. The molecule has 0 spiro atoms. The molecule has 3 heterocycles. The zero-order valence-electron chi connectivity index (χ0n) is 42.1. The second-order valence-electron chi connectivity index (χ2n) is 19.0. The Bertz CT molecular complexity index is 4900. The Balaban J connectivity index is 1.09. The van der Waals surface area contributed by atoms with Crippen molar-refractivity contribution >= 4 is 43.6 Å². The van der Waals surface area contributed by atoms with Gasteiger partial charge in [0.05, 0.1) is 103 Å². The normalized spacial score (nSPS) is 10.9. The Hall–Kier alpha value is -12.3.